The van der Waals surface area contributed by atoms with Gasteiger partial charge < -0.3 is 19.3 Å². The number of carbonyl (C=O) groups is 2. The molecule has 6 nitrogen and oxygen atoms in total. The van der Waals surface area contributed by atoms with Crippen LogP contribution in [0.5, 0.6) is 0 Å². The number of benzene rings is 1. The molecule has 2 atom stereocenters. The van der Waals surface area contributed by atoms with Gasteiger partial charge in [0.05, 0.1) is 25.2 Å². The highest BCUT2D eigenvalue weighted by molar-refractivity contribution is 7.10. The minimum absolute atomic E-state index is 0.0158. The number of piperidine rings is 1. The first-order valence-corrected chi connectivity index (χ1v) is 12.4. The molecule has 2 aromatic rings. The van der Waals surface area contributed by atoms with Gasteiger partial charge in [0, 0.05) is 42.9 Å². The van der Waals surface area contributed by atoms with Crippen LogP contribution in [0.15, 0.2) is 41.8 Å². The van der Waals surface area contributed by atoms with Crippen molar-refractivity contribution in [1.29, 1.82) is 0 Å². The number of amides is 2. The van der Waals surface area contributed by atoms with E-state index in [-0.39, 0.29) is 17.9 Å². The number of hydrogen-bond acceptors (Lipinski definition) is 5. The zero-order valence-corrected chi connectivity index (χ0v) is 19.5. The van der Waals surface area contributed by atoms with E-state index in [0.29, 0.717) is 57.2 Å². The van der Waals surface area contributed by atoms with Gasteiger partial charge in [-0.1, -0.05) is 38.1 Å². The molecule has 1 aromatic carbocycles. The Labute approximate surface area is 193 Å². The van der Waals surface area contributed by atoms with Gasteiger partial charge in [-0.05, 0) is 29.0 Å². The first-order chi connectivity index (χ1) is 15.5. The third-order valence-corrected chi connectivity index (χ3v) is 7.69. The van der Waals surface area contributed by atoms with Crippen LogP contribution < -0.4 is 0 Å². The van der Waals surface area contributed by atoms with Gasteiger partial charge in [0.15, 0.2) is 5.79 Å². The summed E-state index contributed by atoms with van der Waals surface area (Å²) in [5.41, 5.74) is 1.49. The standard InChI is InChI=1S/C25H30N2O4S/c1-17(2)16-27-22(20-8-5-15-32-20)21(18-6-3-4-7-19(18)23(27)28)24(29)26-11-9-25(10-12-26)30-13-14-31-25/h3-8,15,17,21-22H,9-14,16H2,1-2H3/t21-,22+/m1/s1. The summed E-state index contributed by atoms with van der Waals surface area (Å²) >= 11 is 1.62. The Bertz CT molecular complexity index is 974. The average molecular weight is 455 g/mol. The number of fused-ring (bicyclic) bond motifs is 1. The highest BCUT2D eigenvalue weighted by Crippen LogP contribution is 2.46. The van der Waals surface area contributed by atoms with Crippen LogP contribution in [0.1, 0.15) is 59.4 Å². The van der Waals surface area contributed by atoms with Crippen LogP contribution in [0.4, 0.5) is 0 Å². The molecule has 7 heteroatoms. The first kappa shape index (κ1) is 21.6. The Morgan fingerprint density at radius 2 is 1.84 bits per heavy atom. The van der Waals surface area contributed by atoms with E-state index in [9.17, 15) is 9.59 Å². The van der Waals surface area contributed by atoms with E-state index in [1.165, 1.54) is 0 Å². The molecule has 5 rings (SSSR count). The van der Waals surface area contributed by atoms with Gasteiger partial charge in [-0.15, -0.1) is 11.3 Å². The predicted octanol–water partition coefficient (Wildman–Crippen LogP) is 4.05. The summed E-state index contributed by atoms with van der Waals surface area (Å²) in [5, 5.41) is 2.02. The first-order valence-electron chi connectivity index (χ1n) is 11.5. The predicted molar refractivity (Wildman–Crippen MR) is 123 cm³/mol. The van der Waals surface area contributed by atoms with Crippen molar-refractivity contribution in [2.45, 2.75) is 44.4 Å². The molecule has 0 saturated carbocycles. The zero-order valence-electron chi connectivity index (χ0n) is 18.7. The Morgan fingerprint density at radius 3 is 2.50 bits per heavy atom. The summed E-state index contributed by atoms with van der Waals surface area (Å²) in [5.74, 6) is -0.532. The topological polar surface area (TPSA) is 59.1 Å². The van der Waals surface area contributed by atoms with Crippen molar-refractivity contribution in [3.63, 3.8) is 0 Å². The quantitative estimate of drug-likeness (QED) is 0.699. The molecule has 0 aliphatic carbocycles. The lowest BCUT2D eigenvalue weighted by Gasteiger charge is -2.45. The Kier molecular flexibility index (Phi) is 5.82. The second-order valence-corrected chi connectivity index (χ2v) is 10.3. The van der Waals surface area contributed by atoms with Crippen molar-refractivity contribution < 1.29 is 19.1 Å². The maximum atomic E-state index is 14.1. The van der Waals surface area contributed by atoms with Crippen LogP contribution in [0.3, 0.4) is 0 Å². The van der Waals surface area contributed by atoms with Gasteiger partial charge in [0.2, 0.25) is 5.91 Å². The van der Waals surface area contributed by atoms with Crippen molar-refractivity contribution in [1.82, 2.24) is 9.80 Å². The maximum absolute atomic E-state index is 14.1. The number of carbonyl (C=O) groups excluding carboxylic acids is 2. The molecular formula is C25H30N2O4S. The van der Waals surface area contributed by atoms with E-state index in [4.69, 9.17) is 9.47 Å². The fourth-order valence-electron chi connectivity index (χ4n) is 5.28. The monoisotopic (exact) mass is 454 g/mol. The maximum Gasteiger partial charge on any atom is 0.254 e. The smallest absolute Gasteiger partial charge is 0.254 e. The molecule has 170 valence electrons. The van der Waals surface area contributed by atoms with Gasteiger partial charge in [0.1, 0.15) is 0 Å². The third kappa shape index (κ3) is 3.76. The molecule has 0 radical (unpaired) electrons. The SMILES string of the molecule is CC(C)CN1C(=O)c2ccccc2[C@@H](C(=O)N2CCC3(CC2)OCCO3)[C@@H]1c1cccs1. The Hall–Kier alpha value is -2.22. The molecule has 0 unspecified atom stereocenters. The normalized spacial score (nSPS) is 24.9. The fraction of sp³-hybridized carbons (Fsp3) is 0.520. The largest absolute Gasteiger partial charge is 0.347 e. The minimum atomic E-state index is -0.520. The van der Waals surface area contributed by atoms with Gasteiger partial charge in [-0.2, -0.15) is 0 Å². The molecule has 1 spiro atoms. The Morgan fingerprint density at radius 1 is 1.12 bits per heavy atom. The molecule has 3 aliphatic rings. The van der Waals surface area contributed by atoms with Crippen LogP contribution in [0.2, 0.25) is 0 Å². The van der Waals surface area contributed by atoms with Crippen LogP contribution in [0.25, 0.3) is 0 Å². The van der Waals surface area contributed by atoms with Crippen molar-refractivity contribution in [3.05, 3.63) is 57.8 Å². The highest BCUT2D eigenvalue weighted by atomic mass is 32.1. The summed E-state index contributed by atoms with van der Waals surface area (Å²) in [6, 6.07) is 11.4. The fourth-order valence-corrected chi connectivity index (χ4v) is 6.15. The molecule has 2 amide bonds. The van der Waals surface area contributed by atoms with Crippen LogP contribution in [-0.4, -0.2) is 60.2 Å². The van der Waals surface area contributed by atoms with Crippen molar-refractivity contribution in [2.75, 3.05) is 32.8 Å². The van der Waals surface area contributed by atoms with E-state index in [1.54, 1.807) is 11.3 Å². The minimum Gasteiger partial charge on any atom is -0.347 e. The summed E-state index contributed by atoms with van der Waals surface area (Å²) < 4.78 is 11.7. The second kappa shape index (κ2) is 8.61. The van der Waals surface area contributed by atoms with Gasteiger partial charge >= 0.3 is 0 Å². The lowest BCUT2D eigenvalue weighted by molar-refractivity contribution is -0.188. The molecule has 4 heterocycles. The molecule has 1 aromatic heterocycles. The number of hydrogen-bond donors (Lipinski definition) is 0. The molecule has 0 bridgehead atoms. The van der Waals surface area contributed by atoms with E-state index in [0.717, 1.165) is 10.4 Å². The number of ether oxygens (including phenoxy) is 2. The lowest BCUT2D eigenvalue weighted by atomic mass is 9.80. The van der Waals surface area contributed by atoms with Crippen molar-refractivity contribution >= 4 is 23.2 Å². The molecule has 2 saturated heterocycles. The number of thiophene rings is 1. The van der Waals surface area contributed by atoms with Gasteiger partial charge in [-0.3, -0.25) is 9.59 Å². The highest BCUT2D eigenvalue weighted by Gasteiger charge is 2.48. The summed E-state index contributed by atoms with van der Waals surface area (Å²) in [6.07, 6.45) is 1.37. The van der Waals surface area contributed by atoms with Crippen LogP contribution >= 0.6 is 11.3 Å². The summed E-state index contributed by atoms with van der Waals surface area (Å²) in [4.78, 5) is 32.5. The van der Waals surface area contributed by atoms with Crippen LogP contribution in [0, 0.1) is 5.92 Å². The van der Waals surface area contributed by atoms with E-state index >= 15 is 0 Å². The second-order valence-electron chi connectivity index (χ2n) is 9.31. The summed E-state index contributed by atoms with van der Waals surface area (Å²) in [7, 11) is 0. The molecule has 32 heavy (non-hydrogen) atoms. The number of likely N-dealkylation sites (tertiary alicyclic amines) is 1. The van der Waals surface area contributed by atoms with E-state index in [1.807, 2.05) is 45.5 Å². The lowest BCUT2D eigenvalue weighted by Crippen LogP contribution is -2.52. The third-order valence-electron chi connectivity index (χ3n) is 6.75. The van der Waals surface area contributed by atoms with Crippen LogP contribution in [-0.2, 0) is 14.3 Å². The summed E-state index contributed by atoms with van der Waals surface area (Å²) in [6.45, 7) is 7.29. The van der Waals surface area contributed by atoms with Gasteiger partial charge in [-0.25, -0.2) is 0 Å². The van der Waals surface area contributed by atoms with Gasteiger partial charge in [0.25, 0.3) is 5.91 Å². The van der Waals surface area contributed by atoms with E-state index < -0.39 is 11.7 Å². The van der Waals surface area contributed by atoms with Crippen molar-refractivity contribution in [3.8, 4) is 0 Å². The molecule has 0 N–H and O–H groups in total. The van der Waals surface area contributed by atoms with E-state index in [2.05, 4.69) is 19.9 Å². The molecular weight excluding hydrogens is 424 g/mol. The molecule has 2 fully saturated rings. The van der Waals surface area contributed by atoms with Crippen molar-refractivity contribution in [2.24, 2.45) is 5.92 Å². The molecule has 3 aliphatic heterocycles. The number of nitrogens with zero attached hydrogens (tertiary/aromatic N) is 2. The zero-order chi connectivity index (χ0) is 22.3. The number of rotatable bonds is 4. The Balaban J connectivity index is 1.52. The average Bonchev–Trinajstić information content (AvgIpc) is 3.48.